The van der Waals surface area contributed by atoms with Crippen LogP contribution in [0.4, 0.5) is 0 Å². The molecule has 0 aromatic rings. The molecule has 0 aliphatic rings. The van der Waals surface area contributed by atoms with E-state index in [4.69, 9.17) is 9.26 Å². The lowest BCUT2D eigenvalue weighted by Crippen LogP contribution is -2.43. The second-order valence-corrected chi connectivity index (χ2v) is 7.74. The largest absolute Gasteiger partial charge is 0.472 e. The van der Waals surface area contributed by atoms with Crippen LogP contribution in [0.5, 0.6) is 0 Å². The molecular formula is C18H35O6P. The van der Waals surface area contributed by atoms with Gasteiger partial charge < -0.3 is 14.5 Å². The highest BCUT2D eigenvalue weighted by molar-refractivity contribution is 7.46. The summed E-state index contributed by atoms with van der Waals surface area (Å²) in [7, 11) is -4.81. The van der Waals surface area contributed by atoms with Crippen LogP contribution in [0.25, 0.3) is 0 Å². The van der Waals surface area contributed by atoms with Crippen molar-refractivity contribution in [2.75, 3.05) is 0 Å². The number of rotatable bonds is 15. The highest BCUT2D eigenvalue weighted by Gasteiger charge is 2.45. The molecule has 0 heterocycles. The smallest absolute Gasteiger partial charge is 0.429 e. The van der Waals surface area contributed by atoms with E-state index in [0.717, 1.165) is 31.8 Å². The average Bonchev–Trinajstić information content (AvgIpc) is 2.54. The molecule has 25 heavy (non-hydrogen) atoms. The van der Waals surface area contributed by atoms with Crippen LogP contribution in [-0.4, -0.2) is 21.5 Å². The van der Waals surface area contributed by atoms with E-state index in [0.29, 0.717) is 12.8 Å². The summed E-state index contributed by atoms with van der Waals surface area (Å²) in [4.78, 5) is 30.4. The van der Waals surface area contributed by atoms with E-state index >= 15 is 0 Å². The van der Waals surface area contributed by atoms with E-state index < -0.39 is 19.6 Å². The first-order chi connectivity index (χ1) is 11.7. The quantitative estimate of drug-likeness (QED) is 0.135. The molecule has 0 aliphatic carbocycles. The zero-order valence-electron chi connectivity index (χ0n) is 15.9. The molecule has 0 saturated carbocycles. The van der Waals surface area contributed by atoms with Crippen LogP contribution >= 0.6 is 7.82 Å². The minimum absolute atomic E-state index is 0.241. The van der Waals surface area contributed by atoms with Gasteiger partial charge in [0.1, 0.15) is 0 Å². The van der Waals surface area contributed by atoms with Crippen molar-refractivity contribution < 1.29 is 28.4 Å². The van der Waals surface area contributed by atoms with Gasteiger partial charge in [-0.3, -0.25) is 0 Å². The molecule has 0 spiro atoms. The standard InChI is InChI=1S/C18H35O6P/c1-5-8-10-11-12-13-14-16(4)18(15-9-6-2,23-17(19)7-3)24-25(20,21)22/h7,16H,3,5-6,8-15H2,1-2,4H3,(H2,20,21,22). The van der Waals surface area contributed by atoms with E-state index in [1.165, 1.54) is 19.3 Å². The van der Waals surface area contributed by atoms with Crippen LogP contribution in [-0.2, 0) is 18.6 Å². The fraction of sp³-hybridized carbons (Fsp3) is 0.833. The first kappa shape index (κ1) is 24.3. The number of carbonyl (C=O) groups excluding carboxylic acids is 1. The first-order valence-corrected chi connectivity index (χ1v) is 10.9. The van der Waals surface area contributed by atoms with Gasteiger partial charge in [-0.05, 0) is 12.8 Å². The van der Waals surface area contributed by atoms with E-state index in [2.05, 4.69) is 13.5 Å². The monoisotopic (exact) mass is 378 g/mol. The molecule has 2 unspecified atom stereocenters. The van der Waals surface area contributed by atoms with Crippen molar-refractivity contribution in [1.82, 2.24) is 0 Å². The summed E-state index contributed by atoms with van der Waals surface area (Å²) >= 11 is 0. The first-order valence-electron chi connectivity index (χ1n) is 9.32. The van der Waals surface area contributed by atoms with Crippen LogP contribution in [0, 0.1) is 5.92 Å². The third-order valence-electron chi connectivity index (χ3n) is 4.33. The van der Waals surface area contributed by atoms with Gasteiger partial charge in [0.25, 0.3) is 0 Å². The number of ether oxygens (including phenoxy) is 1. The van der Waals surface area contributed by atoms with Gasteiger partial charge in [-0.25, -0.2) is 13.9 Å². The van der Waals surface area contributed by atoms with Crippen molar-refractivity contribution in [3.63, 3.8) is 0 Å². The van der Waals surface area contributed by atoms with Crippen LogP contribution in [0.1, 0.15) is 85.0 Å². The van der Waals surface area contributed by atoms with Crippen LogP contribution in [0.3, 0.4) is 0 Å². The summed E-state index contributed by atoms with van der Waals surface area (Å²) in [5.74, 6) is -2.69. The number of hydrogen-bond acceptors (Lipinski definition) is 4. The Labute approximate surface area is 152 Å². The molecule has 0 aromatic carbocycles. The Hall–Kier alpha value is -0.680. The second-order valence-electron chi connectivity index (χ2n) is 6.58. The maximum atomic E-state index is 11.8. The Bertz CT molecular complexity index is 433. The Morgan fingerprint density at radius 3 is 2.20 bits per heavy atom. The number of esters is 1. The van der Waals surface area contributed by atoms with Gasteiger partial charge in [-0.1, -0.05) is 72.3 Å². The maximum Gasteiger partial charge on any atom is 0.472 e. The van der Waals surface area contributed by atoms with Gasteiger partial charge in [0.15, 0.2) is 0 Å². The van der Waals surface area contributed by atoms with E-state index in [1.54, 1.807) is 0 Å². The molecule has 0 rings (SSSR count). The van der Waals surface area contributed by atoms with Gasteiger partial charge in [0.2, 0.25) is 5.79 Å². The van der Waals surface area contributed by atoms with Crippen LogP contribution in [0.15, 0.2) is 12.7 Å². The summed E-state index contributed by atoms with van der Waals surface area (Å²) in [5.41, 5.74) is 0. The predicted octanol–water partition coefficient (Wildman–Crippen LogP) is 5.10. The molecular weight excluding hydrogens is 343 g/mol. The van der Waals surface area contributed by atoms with Crippen molar-refractivity contribution in [3.8, 4) is 0 Å². The molecule has 0 amide bonds. The third kappa shape index (κ3) is 10.8. The molecule has 7 heteroatoms. The molecule has 0 radical (unpaired) electrons. The number of unbranched alkanes of at least 4 members (excludes halogenated alkanes) is 6. The van der Waals surface area contributed by atoms with Crippen molar-refractivity contribution in [1.29, 1.82) is 0 Å². The normalized spacial score (nSPS) is 15.4. The molecule has 148 valence electrons. The lowest BCUT2D eigenvalue weighted by Gasteiger charge is -2.37. The SMILES string of the molecule is C=CC(=O)OC(CCCC)(OP(=O)(O)O)C(C)CCCCCCCC. The molecule has 0 aromatic heterocycles. The molecule has 6 nitrogen and oxygen atoms in total. The van der Waals surface area contributed by atoms with Crippen LogP contribution in [0.2, 0.25) is 0 Å². The summed E-state index contributed by atoms with van der Waals surface area (Å²) in [6, 6.07) is 0. The topological polar surface area (TPSA) is 93.1 Å². The summed E-state index contributed by atoms with van der Waals surface area (Å²) in [5, 5.41) is 0. The second kappa shape index (κ2) is 12.6. The molecule has 2 atom stereocenters. The molecule has 0 saturated heterocycles. The van der Waals surface area contributed by atoms with Crippen LogP contribution < -0.4 is 0 Å². The van der Waals surface area contributed by atoms with Crippen molar-refractivity contribution in [3.05, 3.63) is 12.7 Å². The van der Waals surface area contributed by atoms with E-state index in [1.807, 2.05) is 13.8 Å². The Balaban J connectivity index is 5.04. The zero-order valence-corrected chi connectivity index (χ0v) is 16.8. The highest BCUT2D eigenvalue weighted by atomic mass is 31.2. The van der Waals surface area contributed by atoms with Gasteiger partial charge in [0.05, 0.1) is 0 Å². The Kier molecular flexibility index (Phi) is 12.3. The van der Waals surface area contributed by atoms with E-state index in [9.17, 15) is 19.1 Å². The summed E-state index contributed by atoms with van der Waals surface area (Å²) < 4.78 is 21.9. The lowest BCUT2D eigenvalue weighted by atomic mass is 9.90. The fourth-order valence-corrected chi connectivity index (χ4v) is 3.55. The molecule has 0 bridgehead atoms. The van der Waals surface area contributed by atoms with Gasteiger partial charge in [0, 0.05) is 18.4 Å². The minimum atomic E-state index is -4.81. The van der Waals surface area contributed by atoms with Gasteiger partial charge >= 0.3 is 13.8 Å². The van der Waals surface area contributed by atoms with Crippen molar-refractivity contribution in [2.45, 2.75) is 90.8 Å². The summed E-state index contributed by atoms with van der Waals surface area (Å²) in [6.07, 6.45) is 9.98. The number of phosphoric acid groups is 1. The number of carbonyl (C=O) groups is 1. The van der Waals surface area contributed by atoms with Crippen molar-refractivity contribution >= 4 is 13.8 Å². The van der Waals surface area contributed by atoms with Crippen molar-refractivity contribution in [2.24, 2.45) is 5.92 Å². The fourth-order valence-electron chi connectivity index (χ4n) is 2.84. The summed E-state index contributed by atoms with van der Waals surface area (Å²) in [6.45, 7) is 9.29. The number of phosphoric ester groups is 1. The predicted molar refractivity (Wildman–Crippen MR) is 98.8 cm³/mol. The third-order valence-corrected chi connectivity index (χ3v) is 4.88. The van der Waals surface area contributed by atoms with Gasteiger partial charge in [-0.15, -0.1) is 0 Å². The van der Waals surface area contributed by atoms with E-state index in [-0.39, 0.29) is 12.3 Å². The Morgan fingerprint density at radius 2 is 1.68 bits per heavy atom. The lowest BCUT2D eigenvalue weighted by molar-refractivity contribution is -0.221. The molecule has 0 aliphatic heterocycles. The Morgan fingerprint density at radius 1 is 1.12 bits per heavy atom. The molecule has 0 fully saturated rings. The number of hydrogen-bond donors (Lipinski definition) is 2. The minimum Gasteiger partial charge on any atom is -0.429 e. The van der Waals surface area contributed by atoms with Gasteiger partial charge in [-0.2, -0.15) is 0 Å². The zero-order chi connectivity index (χ0) is 19.3. The highest BCUT2D eigenvalue weighted by Crippen LogP contribution is 2.47. The average molecular weight is 378 g/mol. The molecule has 2 N–H and O–H groups in total. The maximum absolute atomic E-state index is 11.8.